The van der Waals surface area contributed by atoms with E-state index in [1.807, 2.05) is 66.4 Å². The first-order chi connectivity index (χ1) is 16.6. The summed E-state index contributed by atoms with van der Waals surface area (Å²) < 4.78 is 5.31. The Labute approximate surface area is 200 Å². The molecule has 0 atom stereocenters. The van der Waals surface area contributed by atoms with Gasteiger partial charge in [-0.25, -0.2) is 4.98 Å². The van der Waals surface area contributed by atoms with Crippen molar-refractivity contribution in [3.05, 3.63) is 95.6 Å². The van der Waals surface area contributed by atoms with Gasteiger partial charge in [0.05, 0.1) is 23.9 Å². The number of ether oxygens (including phenoxy) is 1. The van der Waals surface area contributed by atoms with Gasteiger partial charge in [-0.1, -0.05) is 48.5 Å². The van der Waals surface area contributed by atoms with Crippen molar-refractivity contribution in [1.29, 1.82) is 0 Å². The third kappa shape index (κ3) is 4.39. The van der Waals surface area contributed by atoms with E-state index in [1.165, 1.54) is 5.56 Å². The molecule has 3 aromatic carbocycles. The number of methoxy groups -OCH3 is 1. The number of benzene rings is 3. The second-order valence-electron chi connectivity index (χ2n) is 8.76. The Kier molecular flexibility index (Phi) is 6.28. The standard InChI is InChI=1S/C29H29N3O2/c1-21-27(29(33)32-18-16-31(17-19-32)20-22-8-4-3-5-9-22)25-10-6-7-11-26(25)30-28(21)23-12-14-24(34-2)15-13-23/h3-15H,16-20H2,1-2H3. The first-order valence-electron chi connectivity index (χ1n) is 11.7. The van der Waals surface area contributed by atoms with Crippen molar-refractivity contribution >= 4 is 16.8 Å². The second-order valence-corrected chi connectivity index (χ2v) is 8.76. The fourth-order valence-corrected chi connectivity index (χ4v) is 4.72. The molecule has 5 nitrogen and oxygen atoms in total. The predicted molar refractivity (Wildman–Crippen MR) is 136 cm³/mol. The number of nitrogens with zero attached hydrogens (tertiary/aromatic N) is 3. The highest BCUT2D eigenvalue weighted by atomic mass is 16.5. The molecule has 5 heteroatoms. The van der Waals surface area contributed by atoms with Crippen LogP contribution in [0.3, 0.4) is 0 Å². The Balaban J connectivity index is 1.43. The molecule has 1 saturated heterocycles. The van der Waals surface area contributed by atoms with E-state index in [-0.39, 0.29) is 5.91 Å². The Hall–Kier alpha value is -3.70. The minimum absolute atomic E-state index is 0.0882. The molecule has 5 rings (SSSR count). The zero-order valence-electron chi connectivity index (χ0n) is 19.7. The minimum Gasteiger partial charge on any atom is -0.497 e. The first kappa shape index (κ1) is 22.1. The molecular formula is C29H29N3O2. The Morgan fingerprint density at radius 3 is 2.26 bits per heavy atom. The van der Waals surface area contributed by atoms with Crippen LogP contribution in [0.15, 0.2) is 78.9 Å². The number of hydrogen-bond acceptors (Lipinski definition) is 4. The monoisotopic (exact) mass is 451 g/mol. The molecule has 0 bridgehead atoms. The van der Waals surface area contributed by atoms with Crippen molar-refractivity contribution in [2.45, 2.75) is 13.5 Å². The molecule has 1 aliphatic rings. The van der Waals surface area contributed by atoms with Gasteiger partial charge < -0.3 is 9.64 Å². The summed E-state index contributed by atoms with van der Waals surface area (Å²) in [7, 11) is 1.66. The van der Waals surface area contributed by atoms with Crippen LogP contribution in [0.2, 0.25) is 0 Å². The number of hydrogen-bond donors (Lipinski definition) is 0. The van der Waals surface area contributed by atoms with Crippen LogP contribution in [0.1, 0.15) is 21.5 Å². The molecule has 1 aliphatic heterocycles. The van der Waals surface area contributed by atoms with Crippen molar-refractivity contribution in [3.63, 3.8) is 0 Å². The molecule has 172 valence electrons. The summed E-state index contributed by atoms with van der Waals surface area (Å²) in [5, 5.41) is 0.911. The average molecular weight is 452 g/mol. The van der Waals surface area contributed by atoms with Crippen LogP contribution >= 0.6 is 0 Å². The lowest BCUT2D eigenvalue weighted by Crippen LogP contribution is -2.48. The van der Waals surface area contributed by atoms with Crippen LogP contribution in [-0.4, -0.2) is 54.0 Å². The van der Waals surface area contributed by atoms with Gasteiger partial charge in [-0.15, -0.1) is 0 Å². The fourth-order valence-electron chi connectivity index (χ4n) is 4.72. The second kappa shape index (κ2) is 9.65. The maximum Gasteiger partial charge on any atom is 0.254 e. The van der Waals surface area contributed by atoms with Gasteiger partial charge >= 0.3 is 0 Å². The van der Waals surface area contributed by atoms with Crippen molar-refractivity contribution in [1.82, 2.24) is 14.8 Å². The van der Waals surface area contributed by atoms with E-state index in [2.05, 4.69) is 29.2 Å². The van der Waals surface area contributed by atoms with Crippen LogP contribution in [-0.2, 0) is 6.54 Å². The van der Waals surface area contributed by atoms with E-state index in [4.69, 9.17) is 9.72 Å². The van der Waals surface area contributed by atoms with E-state index < -0.39 is 0 Å². The maximum absolute atomic E-state index is 13.8. The topological polar surface area (TPSA) is 45.7 Å². The highest BCUT2D eigenvalue weighted by Crippen LogP contribution is 2.31. The third-order valence-corrected chi connectivity index (χ3v) is 6.62. The highest BCUT2D eigenvalue weighted by Gasteiger charge is 2.26. The molecule has 4 aromatic rings. The van der Waals surface area contributed by atoms with E-state index in [9.17, 15) is 4.79 Å². The molecule has 0 N–H and O–H groups in total. The first-order valence-corrected chi connectivity index (χ1v) is 11.7. The van der Waals surface area contributed by atoms with Gasteiger partial charge in [0.1, 0.15) is 5.75 Å². The van der Waals surface area contributed by atoms with Crippen LogP contribution in [0.4, 0.5) is 0 Å². The lowest BCUT2D eigenvalue weighted by molar-refractivity contribution is 0.0629. The van der Waals surface area contributed by atoms with Gasteiger partial charge in [0.25, 0.3) is 5.91 Å². The summed E-state index contributed by atoms with van der Waals surface area (Å²) in [6.45, 7) is 6.11. The normalized spacial score (nSPS) is 14.4. The molecule has 1 amide bonds. The molecular weight excluding hydrogens is 422 g/mol. The quantitative estimate of drug-likeness (QED) is 0.420. The largest absolute Gasteiger partial charge is 0.497 e. The SMILES string of the molecule is COc1ccc(-c2nc3ccccc3c(C(=O)N3CCN(Cc4ccccc4)CC3)c2C)cc1. The number of rotatable bonds is 5. The molecule has 0 saturated carbocycles. The van der Waals surface area contributed by atoms with Crippen molar-refractivity contribution in [3.8, 4) is 17.0 Å². The van der Waals surface area contributed by atoms with E-state index >= 15 is 0 Å². The van der Waals surface area contributed by atoms with Gasteiger partial charge in [0, 0.05) is 43.7 Å². The van der Waals surface area contributed by atoms with Gasteiger partial charge in [0.2, 0.25) is 0 Å². The number of fused-ring (bicyclic) bond motifs is 1. The van der Waals surface area contributed by atoms with Crippen LogP contribution in [0.25, 0.3) is 22.2 Å². The molecule has 2 heterocycles. The lowest BCUT2D eigenvalue weighted by atomic mass is 9.96. The summed E-state index contributed by atoms with van der Waals surface area (Å²) in [4.78, 5) is 23.2. The Morgan fingerprint density at radius 2 is 1.56 bits per heavy atom. The molecule has 34 heavy (non-hydrogen) atoms. The van der Waals surface area contributed by atoms with E-state index in [1.54, 1.807) is 7.11 Å². The minimum atomic E-state index is 0.0882. The summed E-state index contributed by atoms with van der Waals surface area (Å²) in [5.41, 5.74) is 5.64. The molecule has 0 radical (unpaired) electrons. The number of carbonyl (C=O) groups excluding carboxylic acids is 1. The molecule has 0 aliphatic carbocycles. The zero-order valence-corrected chi connectivity index (χ0v) is 19.7. The molecule has 0 spiro atoms. The van der Waals surface area contributed by atoms with Crippen LogP contribution in [0.5, 0.6) is 5.75 Å². The number of aromatic nitrogens is 1. The molecule has 1 fully saturated rings. The lowest BCUT2D eigenvalue weighted by Gasteiger charge is -2.35. The third-order valence-electron chi connectivity index (χ3n) is 6.62. The zero-order chi connectivity index (χ0) is 23.5. The van der Waals surface area contributed by atoms with Gasteiger partial charge in [0.15, 0.2) is 0 Å². The van der Waals surface area contributed by atoms with Crippen LogP contribution in [0, 0.1) is 6.92 Å². The highest BCUT2D eigenvalue weighted by molar-refractivity contribution is 6.09. The fraction of sp³-hybridized carbons (Fsp3) is 0.241. The number of amides is 1. The number of carbonyl (C=O) groups is 1. The smallest absolute Gasteiger partial charge is 0.254 e. The summed E-state index contributed by atoms with van der Waals surface area (Å²) in [5.74, 6) is 0.886. The molecule has 0 unspecified atom stereocenters. The Bertz CT molecular complexity index is 1290. The van der Waals surface area contributed by atoms with Gasteiger partial charge in [-0.3, -0.25) is 9.69 Å². The van der Waals surface area contributed by atoms with Crippen molar-refractivity contribution in [2.75, 3.05) is 33.3 Å². The van der Waals surface area contributed by atoms with Crippen molar-refractivity contribution < 1.29 is 9.53 Å². The van der Waals surface area contributed by atoms with Crippen LogP contribution < -0.4 is 4.74 Å². The number of para-hydroxylation sites is 1. The van der Waals surface area contributed by atoms with E-state index in [0.717, 1.165) is 71.8 Å². The number of pyridine rings is 1. The summed E-state index contributed by atoms with van der Waals surface area (Å²) >= 11 is 0. The van der Waals surface area contributed by atoms with Gasteiger partial charge in [-0.2, -0.15) is 0 Å². The number of piperazine rings is 1. The Morgan fingerprint density at radius 1 is 0.882 bits per heavy atom. The maximum atomic E-state index is 13.8. The molecule has 1 aromatic heterocycles. The summed E-state index contributed by atoms with van der Waals surface area (Å²) in [6, 6.07) is 26.3. The average Bonchev–Trinajstić information content (AvgIpc) is 2.89. The van der Waals surface area contributed by atoms with Crippen molar-refractivity contribution in [2.24, 2.45) is 0 Å². The van der Waals surface area contributed by atoms with E-state index in [0.29, 0.717) is 0 Å². The predicted octanol–water partition coefficient (Wildman–Crippen LogP) is 5.18. The summed E-state index contributed by atoms with van der Waals surface area (Å²) in [6.07, 6.45) is 0. The van der Waals surface area contributed by atoms with Gasteiger partial charge in [-0.05, 0) is 48.4 Å².